The normalized spacial score (nSPS) is 10.8. The average Bonchev–Trinajstić information content (AvgIpc) is 2.81. The number of benzene rings is 3. The summed E-state index contributed by atoms with van der Waals surface area (Å²) in [4.78, 5) is 12.0. The van der Waals surface area contributed by atoms with E-state index in [2.05, 4.69) is 10.5 Å². The molecule has 166 valence electrons. The lowest BCUT2D eigenvalue weighted by Crippen LogP contribution is -2.19. The molecule has 0 unspecified atom stereocenters. The topological polar surface area (TPSA) is 59.9 Å². The summed E-state index contributed by atoms with van der Waals surface area (Å²) in [6.45, 7) is 2.89. The molecule has 5 nitrogen and oxygen atoms in total. The summed E-state index contributed by atoms with van der Waals surface area (Å²) in [6, 6.07) is 23.1. The van der Waals surface area contributed by atoms with Gasteiger partial charge in [-0.3, -0.25) is 4.79 Å². The lowest BCUT2D eigenvalue weighted by Gasteiger charge is -2.12. The summed E-state index contributed by atoms with van der Waals surface area (Å²) >= 11 is 7.61. The summed E-state index contributed by atoms with van der Waals surface area (Å²) < 4.78 is 11.6. The molecule has 0 atom stereocenters. The lowest BCUT2D eigenvalue weighted by atomic mass is 10.2. The molecule has 0 saturated carbocycles. The Morgan fingerprint density at radius 3 is 2.59 bits per heavy atom. The maximum absolute atomic E-state index is 12.0. The van der Waals surface area contributed by atoms with Crippen molar-refractivity contribution in [1.29, 1.82) is 0 Å². The van der Waals surface area contributed by atoms with E-state index in [1.165, 1.54) is 11.8 Å². The van der Waals surface area contributed by atoms with Gasteiger partial charge in [0.15, 0.2) is 11.5 Å². The number of rotatable bonds is 11. The zero-order valence-corrected chi connectivity index (χ0v) is 19.4. The van der Waals surface area contributed by atoms with E-state index < -0.39 is 0 Å². The van der Waals surface area contributed by atoms with Crippen LogP contribution in [0.2, 0.25) is 5.02 Å². The van der Waals surface area contributed by atoms with Crippen molar-refractivity contribution in [2.45, 2.75) is 19.3 Å². The molecule has 1 N–H and O–H groups in total. The summed E-state index contributed by atoms with van der Waals surface area (Å²) in [7, 11) is 0. The third kappa shape index (κ3) is 7.62. The van der Waals surface area contributed by atoms with E-state index in [-0.39, 0.29) is 5.91 Å². The fraction of sp³-hybridized carbons (Fsp3) is 0.200. The lowest BCUT2D eigenvalue weighted by molar-refractivity contribution is -0.118. The van der Waals surface area contributed by atoms with Crippen molar-refractivity contribution < 1.29 is 14.3 Å². The number of amides is 1. The van der Waals surface area contributed by atoms with Gasteiger partial charge in [-0.25, -0.2) is 5.43 Å². The highest BCUT2D eigenvalue weighted by atomic mass is 35.5. The molecule has 7 heteroatoms. The Bertz CT molecular complexity index is 1040. The molecule has 0 aromatic heterocycles. The molecular weight excluding hydrogens is 444 g/mol. The first kappa shape index (κ1) is 23.7. The number of carbonyl (C=O) groups excluding carboxylic acids is 1. The Hall–Kier alpha value is -2.96. The van der Waals surface area contributed by atoms with Gasteiger partial charge >= 0.3 is 0 Å². The van der Waals surface area contributed by atoms with Gasteiger partial charge in [0.1, 0.15) is 6.61 Å². The van der Waals surface area contributed by atoms with Crippen LogP contribution in [0.1, 0.15) is 23.6 Å². The average molecular weight is 469 g/mol. The highest BCUT2D eigenvalue weighted by Crippen LogP contribution is 2.29. The smallest absolute Gasteiger partial charge is 0.250 e. The summed E-state index contributed by atoms with van der Waals surface area (Å²) in [5, 5.41) is 4.76. The number of nitrogens with zero attached hydrogens (tertiary/aromatic N) is 1. The summed E-state index contributed by atoms with van der Waals surface area (Å²) in [5.74, 6) is 2.07. The number of halogens is 1. The van der Waals surface area contributed by atoms with Gasteiger partial charge in [0.2, 0.25) is 5.91 Å². The maximum Gasteiger partial charge on any atom is 0.250 e. The predicted molar refractivity (Wildman–Crippen MR) is 132 cm³/mol. The van der Waals surface area contributed by atoms with Crippen LogP contribution < -0.4 is 14.9 Å². The molecule has 0 fully saturated rings. The first-order chi connectivity index (χ1) is 15.7. The molecule has 3 rings (SSSR count). The third-order valence-electron chi connectivity index (χ3n) is 4.36. The minimum absolute atomic E-state index is 0.175. The Labute approximate surface area is 197 Å². The molecule has 0 aliphatic heterocycles. The summed E-state index contributed by atoms with van der Waals surface area (Å²) in [5.41, 5.74) is 5.43. The number of nitrogens with one attached hydrogen (secondary N) is 1. The molecule has 0 aliphatic carbocycles. The molecule has 3 aromatic carbocycles. The Kier molecular flexibility index (Phi) is 9.47. The number of carbonyl (C=O) groups is 1. The minimum atomic E-state index is -0.175. The number of ether oxygens (including phenoxy) is 2. The van der Waals surface area contributed by atoms with E-state index in [1.54, 1.807) is 6.21 Å². The van der Waals surface area contributed by atoms with Crippen LogP contribution in [0.4, 0.5) is 0 Å². The van der Waals surface area contributed by atoms with Crippen LogP contribution >= 0.6 is 23.4 Å². The zero-order valence-electron chi connectivity index (χ0n) is 17.8. The monoisotopic (exact) mass is 468 g/mol. The predicted octanol–water partition coefficient (Wildman–Crippen LogP) is 5.70. The number of hydrogen-bond acceptors (Lipinski definition) is 5. The van der Waals surface area contributed by atoms with E-state index in [0.29, 0.717) is 41.2 Å². The molecule has 0 heterocycles. The van der Waals surface area contributed by atoms with Crippen LogP contribution in [0.25, 0.3) is 0 Å². The van der Waals surface area contributed by atoms with Crippen molar-refractivity contribution in [3.05, 3.63) is 94.5 Å². The quantitative estimate of drug-likeness (QED) is 0.289. The fourth-order valence-corrected chi connectivity index (χ4v) is 3.91. The largest absolute Gasteiger partial charge is 0.490 e. The maximum atomic E-state index is 12.0. The number of hydrazone groups is 1. The molecular formula is C25H25ClN2O3S. The molecule has 1 amide bonds. The van der Waals surface area contributed by atoms with E-state index >= 15 is 0 Å². The van der Waals surface area contributed by atoms with Crippen LogP contribution in [-0.4, -0.2) is 24.5 Å². The molecule has 32 heavy (non-hydrogen) atoms. The first-order valence-corrected chi connectivity index (χ1v) is 11.8. The van der Waals surface area contributed by atoms with E-state index in [0.717, 1.165) is 16.7 Å². The van der Waals surface area contributed by atoms with E-state index in [1.807, 2.05) is 79.7 Å². The van der Waals surface area contributed by atoms with Gasteiger partial charge in [0.25, 0.3) is 0 Å². The molecule has 0 aliphatic rings. The van der Waals surface area contributed by atoms with Crippen molar-refractivity contribution in [3.8, 4) is 11.5 Å². The van der Waals surface area contributed by atoms with Crippen LogP contribution in [0.5, 0.6) is 11.5 Å². The number of hydrogen-bond donors (Lipinski definition) is 1. The molecule has 3 aromatic rings. The second-order valence-electron chi connectivity index (χ2n) is 6.79. The van der Waals surface area contributed by atoms with Crippen molar-refractivity contribution >= 4 is 35.5 Å². The van der Waals surface area contributed by atoms with Crippen molar-refractivity contribution in [2.24, 2.45) is 5.10 Å². The van der Waals surface area contributed by atoms with Gasteiger partial charge in [0.05, 0.1) is 18.6 Å². The minimum Gasteiger partial charge on any atom is -0.490 e. The SMILES string of the molecule is CCOc1cc(/C=N/NC(=O)CSCc2ccccc2Cl)ccc1OCc1ccccc1. The van der Waals surface area contributed by atoms with Gasteiger partial charge in [0, 0.05) is 10.8 Å². The van der Waals surface area contributed by atoms with E-state index in [9.17, 15) is 4.79 Å². The van der Waals surface area contributed by atoms with Gasteiger partial charge in [-0.2, -0.15) is 5.10 Å². The molecule has 0 radical (unpaired) electrons. The molecule has 0 spiro atoms. The zero-order chi connectivity index (χ0) is 22.6. The molecule has 0 bridgehead atoms. The van der Waals surface area contributed by atoms with Gasteiger partial charge in [-0.15, -0.1) is 11.8 Å². The Morgan fingerprint density at radius 2 is 1.81 bits per heavy atom. The van der Waals surface area contributed by atoms with Gasteiger partial charge in [-0.05, 0) is 47.9 Å². The van der Waals surface area contributed by atoms with Crippen molar-refractivity contribution in [2.75, 3.05) is 12.4 Å². The number of thioether (sulfide) groups is 1. The van der Waals surface area contributed by atoms with Gasteiger partial charge < -0.3 is 9.47 Å². The highest BCUT2D eigenvalue weighted by Gasteiger charge is 2.07. The second-order valence-corrected chi connectivity index (χ2v) is 8.18. The second kappa shape index (κ2) is 12.8. The van der Waals surface area contributed by atoms with Crippen LogP contribution in [0.15, 0.2) is 77.9 Å². The Balaban J connectivity index is 1.50. The van der Waals surface area contributed by atoms with Crippen LogP contribution in [-0.2, 0) is 17.2 Å². The van der Waals surface area contributed by atoms with Crippen LogP contribution in [0, 0.1) is 0 Å². The first-order valence-electron chi connectivity index (χ1n) is 10.2. The van der Waals surface area contributed by atoms with Crippen LogP contribution in [0.3, 0.4) is 0 Å². The summed E-state index contributed by atoms with van der Waals surface area (Å²) in [6.07, 6.45) is 1.58. The molecule has 0 saturated heterocycles. The van der Waals surface area contributed by atoms with Gasteiger partial charge in [-0.1, -0.05) is 60.1 Å². The fourth-order valence-electron chi connectivity index (χ4n) is 2.81. The highest BCUT2D eigenvalue weighted by molar-refractivity contribution is 7.99. The third-order valence-corrected chi connectivity index (χ3v) is 5.71. The standard InChI is InChI=1S/C25H25ClN2O3S/c1-2-30-24-14-20(12-13-23(24)31-16-19-8-4-3-5-9-19)15-27-28-25(29)18-32-17-21-10-6-7-11-22(21)26/h3-15H,2,16-18H2,1H3,(H,28,29)/b27-15+. The van der Waals surface area contributed by atoms with Crippen molar-refractivity contribution in [3.63, 3.8) is 0 Å². The Morgan fingerprint density at radius 1 is 1.03 bits per heavy atom. The van der Waals surface area contributed by atoms with E-state index in [4.69, 9.17) is 21.1 Å². The van der Waals surface area contributed by atoms with Crippen molar-refractivity contribution in [1.82, 2.24) is 5.43 Å².